The molecule has 5 nitrogen and oxygen atoms in total. The molecule has 0 aliphatic carbocycles. The van der Waals surface area contributed by atoms with Gasteiger partial charge in [0, 0.05) is 22.5 Å². The third kappa shape index (κ3) is 5.28. The first-order valence-corrected chi connectivity index (χ1v) is 9.00. The van der Waals surface area contributed by atoms with Gasteiger partial charge in [-0.25, -0.2) is 13.4 Å². The minimum atomic E-state index is -3.39. The average Bonchev–Trinajstić information content (AvgIpc) is 2.41. The number of aromatic nitrogens is 1. The maximum absolute atomic E-state index is 12.0. The summed E-state index contributed by atoms with van der Waals surface area (Å²) >= 11 is 1.45. The van der Waals surface area contributed by atoms with E-state index in [9.17, 15) is 8.42 Å². The predicted octanol–water partition coefficient (Wildman–Crippen LogP) is 2.51. The van der Waals surface area contributed by atoms with Crippen LogP contribution in [0.25, 0.3) is 0 Å². The molecule has 1 aromatic carbocycles. The second-order valence-corrected chi connectivity index (χ2v) is 7.57. The molecule has 7 heteroatoms. The topological polar surface area (TPSA) is 85.1 Å². The zero-order valence-corrected chi connectivity index (χ0v) is 13.2. The first-order chi connectivity index (χ1) is 9.94. The second kappa shape index (κ2) is 6.82. The number of hydrogen-bond donors (Lipinski definition) is 2. The van der Waals surface area contributed by atoms with Crippen LogP contribution in [0.4, 0.5) is 11.5 Å². The molecule has 0 atom stereocenters. The molecule has 0 radical (unpaired) electrons. The maximum Gasteiger partial charge on any atom is 0.234 e. The summed E-state index contributed by atoms with van der Waals surface area (Å²) in [5, 5.41) is 0. The number of aryl methyl sites for hydroxylation is 1. The van der Waals surface area contributed by atoms with Gasteiger partial charge in [-0.3, -0.25) is 4.72 Å². The lowest BCUT2D eigenvalue weighted by Gasteiger charge is -2.07. The number of pyridine rings is 1. The van der Waals surface area contributed by atoms with E-state index in [0.717, 1.165) is 10.5 Å². The summed E-state index contributed by atoms with van der Waals surface area (Å²) in [5.41, 5.74) is 7.33. The Morgan fingerprint density at radius 2 is 2.10 bits per heavy atom. The molecule has 112 valence electrons. The van der Waals surface area contributed by atoms with E-state index in [1.54, 1.807) is 18.3 Å². The van der Waals surface area contributed by atoms with Gasteiger partial charge in [-0.15, -0.1) is 11.8 Å². The SMILES string of the molecule is Cc1ccc(NS(=O)(=O)CCSc2cccc(N)c2)nc1. The Hall–Kier alpha value is -1.73. The largest absolute Gasteiger partial charge is 0.399 e. The number of rotatable bonds is 6. The Kier molecular flexibility index (Phi) is 5.08. The molecule has 0 saturated heterocycles. The van der Waals surface area contributed by atoms with E-state index in [1.165, 1.54) is 11.8 Å². The average molecular weight is 323 g/mol. The number of benzene rings is 1. The van der Waals surface area contributed by atoms with E-state index in [2.05, 4.69) is 9.71 Å². The van der Waals surface area contributed by atoms with Crippen molar-refractivity contribution in [2.45, 2.75) is 11.8 Å². The van der Waals surface area contributed by atoms with E-state index in [0.29, 0.717) is 17.3 Å². The molecule has 0 aliphatic rings. The number of sulfonamides is 1. The van der Waals surface area contributed by atoms with Gasteiger partial charge in [-0.1, -0.05) is 12.1 Å². The second-order valence-electron chi connectivity index (χ2n) is 4.56. The van der Waals surface area contributed by atoms with Gasteiger partial charge in [-0.05, 0) is 36.8 Å². The third-order valence-electron chi connectivity index (χ3n) is 2.65. The number of hydrogen-bond acceptors (Lipinski definition) is 5. The summed E-state index contributed by atoms with van der Waals surface area (Å²) < 4.78 is 26.4. The van der Waals surface area contributed by atoms with E-state index in [1.807, 2.05) is 31.2 Å². The normalized spacial score (nSPS) is 11.3. The molecular formula is C14H17N3O2S2. The smallest absolute Gasteiger partial charge is 0.234 e. The highest BCUT2D eigenvalue weighted by Gasteiger charge is 2.11. The fraction of sp³-hybridized carbons (Fsp3) is 0.214. The van der Waals surface area contributed by atoms with Gasteiger partial charge < -0.3 is 5.73 Å². The van der Waals surface area contributed by atoms with Gasteiger partial charge in [-0.2, -0.15) is 0 Å². The van der Waals surface area contributed by atoms with Crippen LogP contribution >= 0.6 is 11.8 Å². The van der Waals surface area contributed by atoms with Crippen LogP contribution in [-0.2, 0) is 10.0 Å². The molecule has 21 heavy (non-hydrogen) atoms. The summed E-state index contributed by atoms with van der Waals surface area (Å²) in [4.78, 5) is 4.98. The van der Waals surface area contributed by atoms with Crippen molar-refractivity contribution >= 4 is 33.3 Å². The molecule has 0 saturated carbocycles. The molecule has 2 rings (SSSR count). The third-order valence-corrected chi connectivity index (χ3v) is 5.17. The minimum Gasteiger partial charge on any atom is -0.399 e. The Morgan fingerprint density at radius 3 is 2.76 bits per heavy atom. The van der Waals surface area contributed by atoms with Gasteiger partial charge in [0.25, 0.3) is 0 Å². The highest BCUT2D eigenvalue weighted by Crippen LogP contribution is 2.20. The van der Waals surface area contributed by atoms with Crippen LogP contribution < -0.4 is 10.5 Å². The van der Waals surface area contributed by atoms with Crippen LogP contribution in [0.1, 0.15) is 5.56 Å². The Bertz CT molecular complexity index is 700. The Labute approximate surface area is 129 Å². The summed E-state index contributed by atoms with van der Waals surface area (Å²) in [6.45, 7) is 1.90. The van der Waals surface area contributed by atoms with Crippen molar-refractivity contribution in [3.8, 4) is 0 Å². The minimum absolute atomic E-state index is 0.0159. The highest BCUT2D eigenvalue weighted by atomic mass is 32.2. The molecule has 3 N–H and O–H groups in total. The van der Waals surface area contributed by atoms with Crippen molar-refractivity contribution in [3.05, 3.63) is 48.2 Å². The maximum atomic E-state index is 12.0. The molecule has 0 bridgehead atoms. The van der Waals surface area contributed by atoms with Crippen molar-refractivity contribution in [3.63, 3.8) is 0 Å². The number of nitrogens with two attached hydrogens (primary N) is 1. The van der Waals surface area contributed by atoms with Gasteiger partial charge in [0.05, 0.1) is 5.75 Å². The van der Waals surface area contributed by atoms with Crippen LogP contribution in [0, 0.1) is 6.92 Å². The van der Waals surface area contributed by atoms with Crippen LogP contribution in [0.5, 0.6) is 0 Å². The van der Waals surface area contributed by atoms with Gasteiger partial charge in [0.2, 0.25) is 10.0 Å². The number of anilines is 2. The van der Waals surface area contributed by atoms with Gasteiger partial charge in [0.1, 0.15) is 5.82 Å². The molecule has 0 spiro atoms. The summed E-state index contributed by atoms with van der Waals surface area (Å²) in [7, 11) is -3.39. The molecule has 0 aliphatic heterocycles. The summed E-state index contributed by atoms with van der Waals surface area (Å²) in [5.74, 6) is 0.807. The zero-order valence-electron chi connectivity index (χ0n) is 11.6. The quantitative estimate of drug-likeness (QED) is 0.630. The van der Waals surface area contributed by atoms with Crippen molar-refractivity contribution < 1.29 is 8.42 Å². The van der Waals surface area contributed by atoms with Gasteiger partial charge in [0.15, 0.2) is 0 Å². The first kappa shape index (κ1) is 15.7. The fourth-order valence-electron chi connectivity index (χ4n) is 1.61. The molecule has 0 amide bonds. The van der Waals surface area contributed by atoms with Gasteiger partial charge >= 0.3 is 0 Å². The molecule has 0 fully saturated rings. The standard InChI is InChI=1S/C14H17N3O2S2/c1-11-5-6-14(16-10-11)17-21(18,19)8-7-20-13-4-2-3-12(15)9-13/h2-6,9-10H,7-8,15H2,1H3,(H,16,17). The van der Waals surface area contributed by atoms with Crippen LogP contribution in [0.15, 0.2) is 47.5 Å². The molecule has 0 unspecified atom stereocenters. The predicted molar refractivity (Wildman–Crippen MR) is 88.0 cm³/mol. The molecular weight excluding hydrogens is 306 g/mol. The lowest BCUT2D eigenvalue weighted by Crippen LogP contribution is -2.18. The number of thioether (sulfide) groups is 1. The van der Waals surface area contributed by atoms with Crippen LogP contribution in [0.3, 0.4) is 0 Å². The lowest BCUT2D eigenvalue weighted by molar-refractivity contribution is 0.602. The van der Waals surface area contributed by atoms with Crippen molar-refractivity contribution in [2.24, 2.45) is 0 Å². The highest BCUT2D eigenvalue weighted by molar-refractivity contribution is 8.01. The van der Waals surface area contributed by atoms with Crippen molar-refractivity contribution in [1.29, 1.82) is 0 Å². The monoisotopic (exact) mass is 323 g/mol. The number of nitrogen functional groups attached to an aromatic ring is 1. The fourth-order valence-corrected chi connectivity index (χ4v) is 3.99. The summed E-state index contributed by atoms with van der Waals surface area (Å²) in [6.07, 6.45) is 1.62. The molecule has 1 aromatic heterocycles. The van der Waals surface area contributed by atoms with Crippen LogP contribution in [0.2, 0.25) is 0 Å². The van der Waals surface area contributed by atoms with Crippen molar-refractivity contribution in [1.82, 2.24) is 4.98 Å². The molecule has 1 heterocycles. The van der Waals surface area contributed by atoms with E-state index in [4.69, 9.17) is 5.73 Å². The van der Waals surface area contributed by atoms with E-state index >= 15 is 0 Å². The summed E-state index contributed by atoms with van der Waals surface area (Å²) in [6, 6.07) is 10.8. The Morgan fingerprint density at radius 1 is 1.29 bits per heavy atom. The lowest BCUT2D eigenvalue weighted by atomic mass is 10.3. The van der Waals surface area contributed by atoms with E-state index in [-0.39, 0.29) is 5.75 Å². The number of nitrogens with zero attached hydrogens (tertiary/aromatic N) is 1. The first-order valence-electron chi connectivity index (χ1n) is 6.36. The van der Waals surface area contributed by atoms with Crippen LogP contribution in [-0.4, -0.2) is 24.9 Å². The zero-order chi connectivity index (χ0) is 15.3. The number of nitrogens with one attached hydrogen (secondary N) is 1. The molecule has 2 aromatic rings. The van der Waals surface area contributed by atoms with Crippen molar-refractivity contribution in [2.75, 3.05) is 22.0 Å². The van der Waals surface area contributed by atoms with E-state index < -0.39 is 10.0 Å². The Balaban J connectivity index is 1.88.